The molecule has 2 saturated carbocycles. The summed E-state index contributed by atoms with van der Waals surface area (Å²) < 4.78 is 42.1. The van der Waals surface area contributed by atoms with Crippen LogP contribution in [0.25, 0.3) is 0 Å². The summed E-state index contributed by atoms with van der Waals surface area (Å²) in [5.74, 6) is -3.81. The molecule has 0 aromatic heterocycles. The zero-order valence-corrected chi connectivity index (χ0v) is 17.6. The molecule has 2 aliphatic carbocycles. The van der Waals surface area contributed by atoms with E-state index in [2.05, 4.69) is 4.90 Å². The van der Waals surface area contributed by atoms with E-state index >= 15 is 0 Å². The molecule has 1 aromatic rings. The first-order valence-electron chi connectivity index (χ1n) is 10.4. The number of carboxylic acid groups (broad SMARTS) is 1. The van der Waals surface area contributed by atoms with Crippen molar-refractivity contribution in [2.45, 2.75) is 44.4 Å². The Morgan fingerprint density at radius 3 is 2.53 bits per heavy atom. The molecule has 7 heteroatoms. The van der Waals surface area contributed by atoms with Crippen LogP contribution in [0.4, 0.5) is 13.2 Å². The number of alkyl halides is 2. The predicted octanol–water partition coefficient (Wildman–Crippen LogP) is 5.79. The third kappa shape index (κ3) is 4.41. The van der Waals surface area contributed by atoms with E-state index in [9.17, 15) is 23.1 Å². The molecule has 3 aliphatic rings. The highest BCUT2D eigenvalue weighted by Gasteiger charge is 2.46. The fourth-order valence-corrected chi connectivity index (χ4v) is 6.33. The Kier molecular flexibility index (Phi) is 5.93. The van der Waals surface area contributed by atoms with Crippen molar-refractivity contribution in [1.82, 2.24) is 4.90 Å². The van der Waals surface area contributed by atoms with Gasteiger partial charge in [-0.05, 0) is 61.6 Å². The molecule has 4 rings (SSSR count). The SMILES string of the molecule is O=C(O)C1=C(SCCC(F)(F)c2ccc(F)cc2)N(CC23CCC(CC2)C3)CC=C1. The second-order valence-electron chi connectivity index (χ2n) is 8.76. The lowest BCUT2D eigenvalue weighted by atomic mass is 9.83. The highest BCUT2D eigenvalue weighted by atomic mass is 32.2. The highest BCUT2D eigenvalue weighted by molar-refractivity contribution is 8.03. The quantitative estimate of drug-likeness (QED) is 0.559. The van der Waals surface area contributed by atoms with Gasteiger partial charge in [0.15, 0.2) is 0 Å². The van der Waals surface area contributed by atoms with Gasteiger partial charge < -0.3 is 10.0 Å². The van der Waals surface area contributed by atoms with E-state index in [0.717, 1.165) is 36.7 Å². The molecule has 1 aromatic carbocycles. The van der Waals surface area contributed by atoms with Gasteiger partial charge in [0, 0.05) is 30.8 Å². The molecule has 0 spiro atoms. The number of benzene rings is 1. The summed E-state index contributed by atoms with van der Waals surface area (Å²) >= 11 is 1.19. The van der Waals surface area contributed by atoms with Gasteiger partial charge in [0.1, 0.15) is 5.82 Å². The number of hydrogen-bond donors (Lipinski definition) is 1. The van der Waals surface area contributed by atoms with Crippen molar-refractivity contribution >= 4 is 17.7 Å². The lowest BCUT2D eigenvalue weighted by Gasteiger charge is -2.37. The van der Waals surface area contributed by atoms with E-state index in [0.29, 0.717) is 11.6 Å². The maximum atomic E-state index is 14.5. The molecule has 1 N–H and O–H groups in total. The molecule has 3 nitrogen and oxygen atoms in total. The molecule has 2 bridgehead atoms. The van der Waals surface area contributed by atoms with Crippen LogP contribution in [0.3, 0.4) is 0 Å². The molecular weight excluding hydrogens is 411 g/mol. The number of thioether (sulfide) groups is 1. The number of aliphatic carboxylic acids is 1. The molecule has 1 heterocycles. The maximum absolute atomic E-state index is 14.5. The number of halogens is 3. The monoisotopic (exact) mass is 437 g/mol. The van der Waals surface area contributed by atoms with Crippen LogP contribution in [0.15, 0.2) is 47.0 Å². The average Bonchev–Trinajstić information content (AvgIpc) is 3.29. The zero-order chi connectivity index (χ0) is 21.4. The minimum Gasteiger partial charge on any atom is -0.478 e. The lowest BCUT2D eigenvalue weighted by molar-refractivity contribution is -0.132. The fourth-order valence-electron chi connectivity index (χ4n) is 5.14. The Hall–Kier alpha value is -1.89. The second kappa shape index (κ2) is 8.33. The summed E-state index contributed by atoms with van der Waals surface area (Å²) in [7, 11) is 0. The fraction of sp³-hybridized carbons (Fsp3) is 0.522. The van der Waals surface area contributed by atoms with E-state index in [-0.39, 0.29) is 22.3 Å². The van der Waals surface area contributed by atoms with E-state index in [1.165, 1.54) is 43.9 Å². The van der Waals surface area contributed by atoms with Crippen LogP contribution in [0, 0.1) is 17.2 Å². The van der Waals surface area contributed by atoms with E-state index in [4.69, 9.17) is 0 Å². The molecule has 0 amide bonds. The summed E-state index contributed by atoms with van der Waals surface area (Å²) in [5, 5.41) is 10.2. The molecule has 2 fully saturated rings. The van der Waals surface area contributed by atoms with Crippen molar-refractivity contribution in [3.63, 3.8) is 0 Å². The number of rotatable bonds is 8. The first kappa shape index (κ1) is 21.3. The van der Waals surface area contributed by atoms with Crippen molar-refractivity contribution < 1.29 is 23.1 Å². The number of carboxylic acids is 1. The summed E-state index contributed by atoms with van der Waals surface area (Å²) in [6.07, 6.45) is 9.00. The Morgan fingerprint density at radius 2 is 1.93 bits per heavy atom. The summed E-state index contributed by atoms with van der Waals surface area (Å²) in [6, 6.07) is 4.27. The number of carbonyl (C=O) groups is 1. The molecule has 0 unspecified atom stereocenters. The van der Waals surface area contributed by atoms with Crippen molar-refractivity contribution in [2.75, 3.05) is 18.8 Å². The van der Waals surface area contributed by atoms with E-state index in [1.807, 2.05) is 6.08 Å². The van der Waals surface area contributed by atoms with E-state index < -0.39 is 24.1 Å². The molecule has 0 radical (unpaired) electrons. The molecule has 0 atom stereocenters. The topological polar surface area (TPSA) is 40.5 Å². The highest BCUT2D eigenvalue weighted by Crippen LogP contribution is 2.55. The molecule has 1 aliphatic heterocycles. The lowest BCUT2D eigenvalue weighted by Crippen LogP contribution is -2.36. The maximum Gasteiger partial charge on any atom is 0.338 e. The minimum atomic E-state index is -3.09. The van der Waals surface area contributed by atoms with Crippen LogP contribution in [0.2, 0.25) is 0 Å². The molecule has 162 valence electrons. The first-order valence-corrected chi connectivity index (χ1v) is 11.4. The number of hydrogen-bond acceptors (Lipinski definition) is 3. The van der Waals surface area contributed by atoms with Gasteiger partial charge in [-0.1, -0.05) is 18.2 Å². The van der Waals surface area contributed by atoms with Crippen molar-refractivity contribution in [1.29, 1.82) is 0 Å². The van der Waals surface area contributed by atoms with Crippen LogP contribution >= 0.6 is 11.8 Å². The smallest absolute Gasteiger partial charge is 0.338 e. The van der Waals surface area contributed by atoms with Gasteiger partial charge in [0.05, 0.1) is 10.6 Å². The Balaban J connectivity index is 1.46. The van der Waals surface area contributed by atoms with Crippen LogP contribution in [0.5, 0.6) is 0 Å². The van der Waals surface area contributed by atoms with Crippen LogP contribution < -0.4 is 0 Å². The predicted molar refractivity (Wildman–Crippen MR) is 112 cm³/mol. The molecular formula is C23H26F3NO2S. The van der Waals surface area contributed by atoms with Crippen molar-refractivity contribution in [3.05, 3.63) is 58.4 Å². The third-order valence-corrected chi connectivity index (χ3v) is 7.85. The van der Waals surface area contributed by atoms with Crippen LogP contribution in [-0.2, 0) is 10.7 Å². The van der Waals surface area contributed by atoms with Gasteiger partial charge >= 0.3 is 5.97 Å². The third-order valence-electron chi connectivity index (χ3n) is 6.69. The first-order chi connectivity index (χ1) is 14.3. The van der Waals surface area contributed by atoms with Gasteiger partial charge in [0.25, 0.3) is 5.92 Å². The van der Waals surface area contributed by atoms with Crippen LogP contribution in [-0.4, -0.2) is 34.8 Å². The zero-order valence-electron chi connectivity index (χ0n) is 16.8. The van der Waals surface area contributed by atoms with Crippen molar-refractivity contribution in [2.24, 2.45) is 11.3 Å². The Morgan fingerprint density at radius 1 is 1.23 bits per heavy atom. The average molecular weight is 438 g/mol. The molecule has 0 saturated heterocycles. The second-order valence-corrected chi connectivity index (χ2v) is 9.85. The Bertz CT molecular complexity index is 858. The van der Waals surface area contributed by atoms with Gasteiger partial charge in [-0.2, -0.15) is 0 Å². The van der Waals surface area contributed by atoms with Gasteiger partial charge in [0.2, 0.25) is 0 Å². The van der Waals surface area contributed by atoms with Gasteiger partial charge in [-0.3, -0.25) is 0 Å². The summed E-state index contributed by atoms with van der Waals surface area (Å²) in [4.78, 5) is 13.9. The van der Waals surface area contributed by atoms with Gasteiger partial charge in [-0.25, -0.2) is 18.0 Å². The molecule has 30 heavy (non-hydrogen) atoms. The normalized spacial score (nSPS) is 26.0. The number of nitrogens with zero attached hydrogens (tertiary/aromatic N) is 1. The number of fused-ring (bicyclic) bond motifs is 2. The van der Waals surface area contributed by atoms with Gasteiger partial charge in [-0.15, -0.1) is 11.8 Å². The standard InChI is InChI=1S/C23H26F3NO2S/c24-18-5-3-17(4-6-18)23(25,26)11-13-30-20-19(21(28)29)2-1-12-27(20)15-22-9-7-16(14-22)8-10-22/h1-6,16H,7-15H2,(H,28,29). The summed E-state index contributed by atoms with van der Waals surface area (Å²) in [5.41, 5.74) is 0.197. The van der Waals surface area contributed by atoms with Crippen molar-refractivity contribution in [3.8, 4) is 0 Å². The largest absolute Gasteiger partial charge is 0.478 e. The van der Waals surface area contributed by atoms with E-state index in [1.54, 1.807) is 6.08 Å². The van der Waals surface area contributed by atoms with Crippen LogP contribution in [0.1, 0.15) is 44.1 Å². The minimum absolute atomic E-state index is 0.0798. The summed E-state index contributed by atoms with van der Waals surface area (Å²) in [6.45, 7) is 1.40. The Labute approximate surface area is 179 Å².